The third kappa shape index (κ3) is 4.82. The summed E-state index contributed by atoms with van der Waals surface area (Å²) in [5, 5.41) is 2.75. The SMILES string of the molecule is COC(=O)COc1ccc(C(=O)Nc2ccc(N3CCCS3(=O)=O)cc2)cc1OC. The predicted molar refractivity (Wildman–Crippen MR) is 111 cm³/mol. The summed E-state index contributed by atoms with van der Waals surface area (Å²) in [5.74, 6) is -0.178. The summed E-state index contributed by atoms with van der Waals surface area (Å²) in [6, 6.07) is 11.2. The van der Waals surface area contributed by atoms with E-state index in [4.69, 9.17) is 9.47 Å². The van der Waals surface area contributed by atoms with Gasteiger partial charge in [-0.2, -0.15) is 0 Å². The van der Waals surface area contributed by atoms with Gasteiger partial charge in [-0.15, -0.1) is 0 Å². The normalized spacial score (nSPS) is 14.8. The molecule has 1 saturated heterocycles. The van der Waals surface area contributed by atoms with Crippen LogP contribution in [-0.2, 0) is 19.6 Å². The van der Waals surface area contributed by atoms with Crippen LogP contribution in [0.4, 0.5) is 11.4 Å². The number of nitrogens with one attached hydrogen (secondary N) is 1. The maximum Gasteiger partial charge on any atom is 0.343 e. The minimum atomic E-state index is -3.25. The number of nitrogens with zero attached hydrogens (tertiary/aromatic N) is 1. The predicted octanol–water partition coefficient (Wildman–Crippen LogP) is 2.04. The summed E-state index contributed by atoms with van der Waals surface area (Å²) in [6.07, 6.45) is 0.599. The molecule has 2 aromatic rings. The summed E-state index contributed by atoms with van der Waals surface area (Å²) in [6.45, 7) is 0.176. The van der Waals surface area contributed by atoms with Crippen LogP contribution in [0.1, 0.15) is 16.8 Å². The molecule has 1 heterocycles. The van der Waals surface area contributed by atoms with E-state index in [2.05, 4.69) is 10.1 Å². The number of rotatable bonds is 7. The summed E-state index contributed by atoms with van der Waals surface area (Å²) in [4.78, 5) is 23.8. The second-order valence-corrected chi connectivity index (χ2v) is 8.49. The van der Waals surface area contributed by atoms with Crippen molar-refractivity contribution in [1.29, 1.82) is 0 Å². The molecule has 10 heteroatoms. The zero-order valence-electron chi connectivity index (χ0n) is 16.6. The number of methoxy groups -OCH3 is 2. The van der Waals surface area contributed by atoms with Gasteiger partial charge in [-0.25, -0.2) is 13.2 Å². The van der Waals surface area contributed by atoms with Crippen molar-refractivity contribution in [3.63, 3.8) is 0 Å². The zero-order valence-corrected chi connectivity index (χ0v) is 17.4. The van der Waals surface area contributed by atoms with E-state index in [0.29, 0.717) is 41.4 Å². The summed E-state index contributed by atoms with van der Waals surface area (Å²) >= 11 is 0. The van der Waals surface area contributed by atoms with Gasteiger partial charge in [-0.3, -0.25) is 9.10 Å². The van der Waals surface area contributed by atoms with Gasteiger partial charge in [-0.05, 0) is 48.9 Å². The van der Waals surface area contributed by atoms with Crippen LogP contribution in [0, 0.1) is 0 Å². The molecular weight excluding hydrogens is 412 g/mol. The van der Waals surface area contributed by atoms with Gasteiger partial charge in [0.1, 0.15) is 0 Å². The molecule has 1 aliphatic heterocycles. The molecule has 0 spiro atoms. The minimum absolute atomic E-state index is 0.145. The number of ether oxygens (including phenoxy) is 3. The Morgan fingerprint density at radius 1 is 1.07 bits per heavy atom. The molecule has 1 N–H and O–H groups in total. The first-order chi connectivity index (χ1) is 14.3. The van der Waals surface area contributed by atoms with E-state index in [9.17, 15) is 18.0 Å². The first kappa shape index (κ1) is 21.4. The van der Waals surface area contributed by atoms with E-state index in [0.717, 1.165) is 0 Å². The molecule has 0 radical (unpaired) electrons. The van der Waals surface area contributed by atoms with E-state index in [1.54, 1.807) is 24.3 Å². The number of esters is 1. The lowest BCUT2D eigenvalue weighted by Crippen LogP contribution is -2.25. The molecule has 1 aliphatic rings. The van der Waals surface area contributed by atoms with E-state index in [1.807, 2.05) is 0 Å². The second kappa shape index (κ2) is 9.04. The van der Waals surface area contributed by atoms with Gasteiger partial charge in [-0.1, -0.05) is 0 Å². The number of amides is 1. The average Bonchev–Trinajstić information content (AvgIpc) is 3.11. The van der Waals surface area contributed by atoms with Crippen molar-refractivity contribution in [2.24, 2.45) is 0 Å². The van der Waals surface area contributed by atoms with E-state index < -0.39 is 16.0 Å². The van der Waals surface area contributed by atoms with Gasteiger partial charge in [0.15, 0.2) is 18.1 Å². The van der Waals surface area contributed by atoms with Crippen molar-refractivity contribution in [2.45, 2.75) is 6.42 Å². The smallest absolute Gasteiger partial charge is 0.343 e. The second-order valence-electron chi connectivity index (χ2n) is 6.47. The molecule has 0 aliphatic carbocycles. The third-order valence-corrected chi connectivity index (χ3v) is 6.38. The number of carbonyl (C=O) groups excluding carboxylic acids is 2. The molecule has 0 saturated carbocycles. The Balaban J connectivity index is 1.69. The van der Waals surface area contributed by atoms with Crippen LogP contribution in [0.15, 0.2) is 42.5 Å². The van der Waals surface area contributed by atoms with Gasteiger partial charge < -0.3 is 19.5 Å². The highest BCUT2D eigenvalue weighted by Crippen LogP contribution is 2.29. The zero-order chi connectivity index (χ0) is 21.7. The average molecular weight is 434 g/mol. The number of carbonyl (C=O) groups is 2. The molecule has 0 aromatic heterocycles. The number of benzene rings is 2. The van der Waals surface area contributed by atoms with Crippen LogP contribution in [0.2, 0.25) is 0 Å². The summed E-state index contributed by atoms with van der Waals surface area (Å²) in [7, 11) is -0.571. The molecule has 1 amide bonds. The highest BCUT2D eigenvalue weighted by atomic mass is 32.2. The Morgan fingerprint density at radius 3 is 2.40 bits per heavy atom. The van der Waals surface area contributed by atoms with Gasteiger partial charge in [0.05, 0.1) is 25.7 Å². The Hall–Kier alpha value is -3.27. The molecule has 0 unspecified atom stereocenters. The summed E-state index contributed by atoms with van der Waals surface area (Å²) in [5.41, 5.74) is 1.41. The van der Waals surface area contributed by atoms with Crippen molar-refractivity contribution in [1.82, 2.24) is 0 Å². The quantitative estimate of drug-likeness (QED) is 0.664. The molecule has 0 atom stereocenters. The molecule has 3 rings (SSSR count). The Morgan fingerprint density at radius 2 is 1.80 bits per heavy atom. The lowest BCUT2D eigenvalue weighted by atomic mass is 10.1. The summed E-state index contributed by atoms with van der Waals surface area (Å²) < 4.78 is 40.5. The van der Waals surface area contributed by atoms with Gasteiger partial charge >= 0.3 is 5.97 Å². The van der Waals surface area contributed by atoms with Crippen molar-refractivity contribution in [3.8, 4) is 11.5 Å². The van der Waals surface area contributed by atoms with Crippen LogP contribution in [0.25, 0.3) is 0 Å². The van der Waals surface area contributed by atoms with Gasteiger partial charge in [0.2, 0.25) is 10.0 Å². The van der Waals surface area contributed by atoms with Crippen molar-refractivity contribution in [3.05, 3.63) is 48.0 Å². The number of sulfonamides is 1. The standard InChI is InChI=1S/C20H22N2O7S/c1-27-18-12-14(4-9-17(18)29-13-19(23)28-2)20(24)21-15-5-7-16(8-6-15)22-10-3-11-30(22,25)26/h4-9,12H,3,10-11,13H2,1-2H3,(H,21,24). The molecule has 1 fully saturated rings. The van der Waals surface area contributed by atoms with E-state index in [1.165, 1.54) is 36.7 Å². The van der Waals surface area contributed by atoms with E-state index in [-0.39, 0.29) is 18.3 Å². The lowest BCUT2D eigenvalue weighted by Gasteiger charge is -2.17. The fraction of sp³-hybridized carbons (Fsp3) is 0.300. The van der Waals surface area contributed by atoms with Crippen molar-refractivity contribution in [2.75, 3.05) is 42.7 Å². The van der Waals surface area contributed by atoms with Crippen LogP contribution < -0.4 is 19.1 Å². The molecule has 2 aromatic carbocycles. The van der Waals surface area contributed by atoms with Crippen LogP contribution in [0.3, 0.4) is 0 Å². The third-order valence-electron chi connectivity index (χ3n) is 4.51. The Bertz CT molecular complexity index is 1040. The number of hydrogen-bond donors (Lipinski definition) is 1. The highest BCUT2D eigenvalue weighted by molar-refractivity contribution is 7.93. The van der Waals surface area contributed by atoms with Crippen LogP contribution in [-0.4, -0.2) is 53.4 Å². The van der Waals surface area contributed by atoms with E-state index >= 15 is 0 Å². The van der Waals surface area contributed by atoms with Crippen LogP contribution in [0.5, 0.6) is 11.5 Å². The largest absolute Gasteiger partial charge is 0.493 e. The highest BCUT2D eigenvalue weighted by Gasteiger charge is 2.28. The monoisotopic (exact) mass is 434 g/mol. The van der Waals surface area contributed by atoms with Crippen molar-refractivity contribution < 1.29 is 32.2 Å². The molecule has 160 valence electrons. The van der Waals surface area contributed by atoms with Crippen LogP contribution >= 0.6 is 0 Å². The maximum atomic E-state index is 12.6. The maximum absolute atomic E-state index is 12.6. The number of anilines is 2. The molecular formula is C20H22N2O7S. The van der Waals surface area contributed by atoms with Gasteiger partial charge in [0, 0.05) is 17.8 Å². The lowest BCUT2D eigenvalue weighted by molar-refractivity contribution is -0.142. The first-order valence-corrected chi connectivity index (χ1v) is 10.7. The fourth-order valence-electron chi connectivity index (χ4n) is 2.97. The molecule has 0 bridgehead atoms. The van der Waals surface area contributed by atoms with Crippen molar-refractivity contribution >= 4 is 33.3 Å². The fourth-order valence-corrected chi connectivity index (χ4v) is 4.53. The Kier molecular flexibility index (Phi) is 6.46. The Labute approximate surface area is 174 Å². The number of hydrogen-bond acceptors (Lipinski definition) is 7. The first-order valence-electron chi connectivity index (χ1n) is 9.13. The molecule has 30 heavy (non-hydrogen) atoms. The minimum Gasteiger partial charge on any atom is -0.493 e. The van der Waals surface area contributed by atoms with Gasteiger partial charge in [0.25, 0.3) is 5.91 Å². The molecule has 9 nitrogen and oxygen atoms in total. The topological polar surface area (TPSA) is 111 Å².